The van der Waals surface area contributed by atoms with Crippen molar-refractivity contribution >= 4 is 50.1 Å². The average molecular weight is 590 g/mol. The second-order valence-electron chi connectivity index (χ2n) is 11.0. The molecule has 0 aromatic heterocycles. The van der Waals surface area contributed by atoms with E-state index in [9.17, 15) is 22.8 Å². The lowest BCUT2D eigenvalue weighted by Gasteiger charge is -2.33. The highest BCUT2D eigenvalue weighted by molar-refractivity contribution is 7.89. The van der Waals surface area contributed by atoms with E-state index < -0.39 is 40.5 Å². The van der Waals surface area contributed by atoms with Crippen molar-refractivity contribution in [1.29, 1.82) is 0 Å². The van der Waals surface area contributed by atoms with Crippen molar-refractivity contribution in [2.24, 2.45) is 5.73 Å². The number of nitrogens with two attached hydrogens (primary N) is 1. The fourth-order valence-electron chi connectivity index (χ4n) is 6.30. The summed E-state index contributed by atoms with van der Waals surface area (Å²) in [5.41, 5.74) is 5.45. The number of sulfonamides is 1. The van der Waals surface area contributed by atoms with Gasteiger partial charge in [-0.1, -0.05) is 23.7 Å². The van der Waals surface area contributed by atoms with Gasteiger partial charge in [-0.25, -0.2) is 8.42 Å². The molecule has 5 rings (SSSR count). The highest BCUT2D eigenvalue weighted by Crippen LogP contribution is 2.30. The van der Waals surface area contributed by atoms with Gasteiger partial charge in [0.15, 0.2) is 0 Å². The Morgan fingerprint density at radius 1 is 1.02 bits per heavy atom. The van der Waals surface area contributed by atoms with Crippen molar-refractivity contribution in [2.45, 2.75) is 62.0 Å². The van der Waals surface area contributed by atoms with Crippen LogP contribution in [0.15, 0.2) is 41.3 Å². The monoisotopic (exact) mass is 589 g/mol. The molecule has 3 heterocycles. The van der Waals surface area contributed by atoms with Crippen molar-refractivity contribution in [2.75, 3.05) is 39.3 Å². The minimum atomic E-state index is -4.27. The summed E-state index contributed by atoms with van der Waals surface area (Å²) in [6.07, 6.45) is 4.38. The maximum Gasteiger partial charge on any atom is 0.245 e. The zero-order valence-electron chi connectivity index (χ0n) is 22.7. The molecule has 12 heteroatoms. The standard InChI is InChI=1S/C28H36ClN5O5S/c1-19(27(36)33-13-4-5-23(33)17-31-11-2-3-12-31)32-14-10-25(28(32)37)34(18-26(30)35)40(38,39)24-9-7-20-15-22(29)8-6-21(20)16-24/h6-9,15-16,19,23,25H,2-5,10-14,17-18H2,1H3,(H2,30,35)/t19-,23?,25+/m0/s1. The number of amides is 3. The van der Waals surface area contributed by atoms with Gasteiger partial charge in [0.05, 0.1) is 11.4 Å². The number of rotatable bonds is 9. The van der Waals surface area contributed by atoms with Gasteiger partial charge in [-0.15, -0.1) is 0 Å². The first-order valence-corrected chi connectivity index (χ1v) is 15.7. The summed E-state index contributed by atoms with van der Waals surface area (Å²) in [7, 11) is -4.27. The minimum Gasteiger partial charge on any atom is -0.369 e. The first-order valence-electron chi connectivity index (χ1n) is 13.9. The number of nitrogens with zero attached hydrogens (tertiary/aromatic N) is 4. The third-order valence-corrected chi connectivity index (χ3v) is 10.5. The predicted octanol–water partition coefficient (Wildman–Crippen LogP) is 2.05. The van der Waals surface area contributed by atoms with Crippen molar-refractivity contribution in [1.82, 2.24) is 19.0 Å². The van der Waals surface area contributed by atoms with Gasteiger partial charge < -0.3 is 20.4 Å². The summed E-state index contributed by atoms with van der Waals surface area (Å²) in [6, 6.07) is 7.90. The quantitative estimate of drug-likeness (QED) is 0.477. The lowest BCUT2D eigenvalue weighted by atomic mass is 10.1. The molecule has 2 N–H and O–H groups in total. The molecule has 3 aliphatic rings. The van der Waals surface area contributed by atoms with E-state index in [0.29, 0.717) is 17.0 Å². The summed E-state index contributed by atoms with van der Waals surface area (Å²) < 4.78 is 28.4. The summed E-state index contributed by atoms with van der Waals surface area (Å²) in [5.74, 6) is -1.48. The fraction of sp³-hybridized carbons (Fsp3) is 0.536. The Morgan fingerprint density at radius 2 is 1.73 bits per heavy atom. The van der Waals surface area contributed by atoms with E-state index in [1.165, 1.54) is 29.9 Å². The van der Waals surface area contributed by atoms with E-state index in [1.54, 1.807) is 31.2 Å². The summed E-state index contributed by atoms with van der Waals surface area (Å²) in [6.45, 7) is 4.87. The first-order chi connectivity index (χ1) is 19.1. The van der Waals surface area contributed by atoms with E-state index in [1.807, 2.05) is 4.90 Å². The van der Waals surface area contributed by atoms with Gasteiger partial charge in [0.1, 0.15) is 12.1 Å². The third kappa shape index (κ3) is 5.70. The molecule has 216 valence electrons. The lowest BCUT2D eigenvalue weighted by molar-refractivity contribution is -0.144. The molecule has 0 aliphatic carbocycles. The molecule has 10 nitrogen and oxygen atoms in total. The largest absolute Gasteiger partial charge is 0.369 e. The zero-order chi connectivity index (χ0) is 28.6. The topological polar surface area (TPSA) is 124 Å². The number of carbonyl (C=O) groups is 3. The smallest absolute Gasteiger partial charge is 0.245 e. The summed E-state index contributed by atoms with van der Waals surface area (Å²) in [5, 5.41) is 1.93. The molecule has 3 atom stereocenters. The molecule has 2 aromatic rings. The van der Waals surface area contributed by atoms with Gasteiger partial charge in [-0.2, -0.15) is 4.31 Å². The van der Waals surface area contributed by atoms with Crippen LogP contribution in [0, 0.1) is 0 Å². The van der Waals surface area contributed by atoms with Crippen LogP contribution in [0.4, 0.5) is 0 Å². The molecule has 3 aliphatic heterocycles. The Morgan fingerprint density at radius 3 is 2.45 bits per heavy atom. The van der Waals surface area contributed by atoms with Crippen molar-refractivity contribution < 1.29 is 22.8 Å². The predicted molar refractivity (Wildman–Crippen MR) is 152 cm³/mol. The number of carbonyl (C=O) groups excluding carboxylic acids is 3. The van der Waals surface area contributed by atoms with Gasteiger partial charge in [-0.3, -0.25) is 14.4 Å². The van der Waals surface area contributed by atoms with Crippen LogP contribution in [0.25, 0.3) is 10.8 Å². The van der Waals surface area contributed by atoms with E-state index in [2.05, 4.69) is 4.90 Å². The second kappa shape index (κ2) is 11.6. The Kier molecular flexibility index (Phi) is 8.37. The van der Waals surface area contributed by atoms with Crippen LogP contribution in [0.5, 0.6) is 0 Å². The molecule has 3 fully saturated rings. The number of halogens is 1. The van der Waals surface area contributed by atoms with E-state index >= 15 is 0 Å². The van der Waals surface area contributed by atoms with E-state index in [0.717, 1.165) is 42.2 Å². The van der Waals surface area contributed by atoms with Crippen molar-refractivity contribution in [3.63, 3.8) is 0 Å². The van der Waals surface area contributed by atoms with Crippen LogP contribution in [-0.4, -0.2) is 103 Å². The molecule has 40 heavy (non-hydrogen) atoms. The van der Waals surface area contributed by atoms with E-state index in [4.69, 9.17) is 17.3 Å². The number of hydrogen-bond acceptors (Lipinski definition) is 6. The molecule has 3 amide bonds. The van der Waals surface area contributed by atoms with Gasteiger partial charge in [0.25, 0.3) is 0 Å². The number of fused-ring (bicyclic) bond motifs is 1. The molecule has 2 aromatic carbocycles. The van der Waals surface area contributed by atoms with Crippen molar-refractivity contribution in [3.05, 3.63) is 41.4 Å². The molecular formula is C28H36ClN5O5S. The molecular weight excluding hydrogens is 554 g/mol. The highest BCUT2D eigenvalue weighted by atomic mass is 35.5. The third-order valence-electron chi connectivity index (χ3n) is 8.40. The molecule has 0 bridgehead atoms. The first kappa shape index (κ1) is 28.8. The summed E-state index contributed by atoms with van der Waals surface area (Å²) in [4.78, 5) is 44.9. The molecule has 0 saturated carbocycles. The van der Waals surface area contributed by atoms with Gasteiger partial charge in [0.2, 0.25) is 27.7 Å². The van der Waals surface area contributed by atoms with Crippen LogP contribution in [-0.2, 0) is 24.4 Å². The van der Waals surface area contributed by atoms with Gasteiger partial charge >= 0.3 is 0 Å². The Hall–Kier alpha value is -2.73. The van der Waals surface area contributed by atoms with Crippen LogP contribution in [0.3, 0.4) is 0 Å². The zero-order valence-corrected chi connectivity index (χ0v) is 24.2. The Balaban J connectivity index is 1.34. The van der Waals surface area contributed by atoms with E-state index in [-0.39, 0.29) is 29.8 Å². The number of likely N-dealkylation sites (tertiary alicyclic amines) is 3. The molecule has 0 spiro atoms. The van der Waals surface area contributed by atoms with Gasteiger partial charge in [-0.05, 0) is 87.2 Å². The maximum atomic E-state index is 13.8. The second-order valence-corrected chi connectivity index (χ2v) is 13.3. The number of benzene rings is 2. The van der Waals surface area contributed by atoms with Gasteiger partial charge in [0, 0.05) is 30.7 Å². The normalized spacial score (nSPS) is 23.0. The fourth-order valence-corrected chi connectivity index (χ4v) is 8.09. The average Bonchev–Trinajstić information content (AvgIpc) is 3.68. The van der Waals surface area contributed by atoms with Crippen LogP contribution in [0.1, 0.15) is 39.0 Å². The van der Waals surface area contributed by atoms with Crippen molar-refractivity contribution in [3.8, 4) is 0 Å². The Bertz CT molecular complexity index is 1410. The Labute approximate surface area is 240 Å². The van der Waals surface area contributed by atoms with Crippen LogP contribution >= 0.6 is 11.6 Å². The minimum absolute atomic E-state index is 0.0548. The maximum absolute atomic E-state index is 13.8. The van der Waals surface area contributed by atoms with Crippen LogP contribution in [0.2, 0.25) is 5.02 Å². The lowest BCUT2D eigenvalue weighted by Crippen LogP contribution is -2.54. The molecule has 3 saturated heterocycles. The molecule has 0 radical (unpaired) electrons. The molecule has 1 unspecified atom stereocenters. The van der Waals surface area contributed by atoms with Crippen LogP contribution < -0.4 is 5.73 Å². The summed E-state index contributed by atoms with van der Waals surface area (Å²) >= 11 is 6.06. The number of hydrogen-bond donors (Lipinski definition) is 1. The highest BCUT2D eigenvalue weighted by Gasteiger charge is 2.46. The SMILES string of the molecule is C[C@@H](C(=O)N1CCCC1CN1CCCC1)N1CC[C@@H](N(CC(N)=O)S(=O)(=O)c2ccc3cc(Cl)ccc3c2)C1=O. The number of primary amides is 1.